The van der Waals surface area contributed by atoms with Crippen molar-refractivity contribution in [1.29, 1.82) is 0 Å². The van der Waals surface area contributed by atoms with Crippen LogP contribution in [0.2, 0.25) is 0 Å². The lowest BCUT2D eigenvalue weighted by atomic mass is 10.1. The number of oxazole rings is 2. The lowest BCUT2D eigenvalue weighted by molar-refractivity contribution is -0.121. The van der Waals surface area contributed by atoms with Gasteiger partial charge in [-0.3, -0.25) is 28.5 Å². The molecule has 3 amide bonds. The molecule has 74 heavy (non-hydrogen) atoms. The summed E-state index contributed by atoms with van der Waals surface area (Å²) in [6, 6.07) is 12.0. The predicted molar refractivity (Wildman–Crippen MR) is 300 cm³/mol. The first-order chi connectivity index (χ1) is 35.6. The number of anilines is 3. The molecule has 4 aliphatic rings. The van der Waals surface area contributed by atoms with Crippen molar-refractivity contribution < 1.29 is 60.5 Å². The van der Waals surface area contributed by atoms with Crippen LogP contribution in [0.3, 0.4) is 0 Å². The Balaban J connectivity index is 0.000000189. The fourth-order valence-electron chi connectivity index (χ4n) is 7.99. The van der Waals surface area contributed by atoms with Gasteiger partial charge in [0.2, 0.25) is 0 Å². The Labute approximate surface area is 470 Å². The van der Waals surface area contributed by atoms with Crippen LogP contribution in [-0.2, 0) is 57.2 Å². The lowest BCUT2D eigenvalue weighted by Gasteiger charge is -2.19. The number of pyridine rings is 2. The number of ketones is 1. The van der Waals surface area contributed by atoms with Crippen LogP contribution in [0.25, 0.3) is 22.2 Å². The second-order valence-corrected chi connectivity index (χ2v) is 20.6. The van der Waals surface area contributed by atoms with Gasteiger partial charge in [0.1, 0.15) is 54.1 Å². The van der Waals surface area contributed by atoms with Crippen LogP contribution in [0.1, 0.15) is 29.7 Å². The zero-order valence-corrected chi connectivity index (χ0v) is 48.0. The molecule has 0 saturated carbocycles. The molecule has 2 unspecified atom stereocenters. The minimum atomic E-state index is -0.567. The van der Waals surface area contributed by atoms with Crippen LogP contribution >= 0.6 is 82.4 Å². The van der Waals surface area contributed by atoms with Gasteiger partial charge in [0.05, 0.1) is 38.7 Å². The third kappa shape index (κ3) is 14.2. The molecule has 10 rings (SSSR count). The van der Waals surface area contributed by atoms with Gasteiger partial charge >= 0.3 is 23.7 Å². The molecule has 28 heteroatoms. The molecule has 22 nitrogen and oxygen atoms in total. The highest BCUT2D eigenvalue weighted by molar-refractivity contribution is 15.0. The van der Waals surface area contributed by atoms with Crippen molar-refractivity contribution in [3.8, 4) is 11.5 Å². The number of alkyl halides is 2. The molecule has 396 valence electrons. The van der Waals surface area contributed by atoms with Gasteiger partial charge in [0.15, 0.2) is 35.1 Å². The maximum atomic E-state index is 14.4. The van der Waals surface area contributed by atoms with Crippen LogP contribution in [0.15, 0.2) is 67.0 Å². The minimum Gasteiger partial charge on any atom is -0.484 e. The molecule has 2 atom stereocenters. The maximum Gasteiger partial charge on any atom is 0.419 e. The monoisotopic (exact) mass is 1480 g/mol. The average Bonchev–Trinajstić information content (AvgIpc) is 4.12. The van der Waals surface area contributed by atoms with E-state index in [0.29, 0.717) is 115 Å². The highest BCUT2D eigenvalue weighted by Gasteiger charge is 2.35. The number of benzene rings is 2. The van der Waals surface area contributed by atoms with Gasteiger partial charge in [-0.1, -0.05) is 45.2 Å². The Hall–Kier alpha value is -5.07. The number of rotatable bonds is 12. The SMILES string of the molecule is Cn1c(=O)oc2ccc(F)c(CC=O)c21.Cn1c(=O)oc2ccc(F)c(CCNCCC3CN(c4ccc5c(n4)NC(=O)CO5)C(=O)O3)c21.ICI.II.NCCC1CN(c2ccc3c(n2)CC(=O)CO3)C(=O)O1. The Morgan fingerprint density at radius 2 is 1.28 bits per heavy atom. The number of cyclic esters (lactones) is 2. The molecular formula is C46H47F2I4N9O13. The van der Waals surface area contributed by atoms with Crippen LogP contribution in [0.4, 0.5) is 35.8 Å². The van der Waals surface area contributed by atoms with Crippen molar-refractivity contribution in [3.05, 3.63) is 98.1 Å². The van der Waals surface area contributed by atoms with Gasteiger partial charge in [0.25, 0.3) is 5.91 Å². The molecule has 0 spiro atoms. The first kappa shape index (κ1) is 58.2. The van der Waals surface area contributed by atoms with Crippen molar-refractivity contribution in [1.82, 2.24) is 24.4 Å². The van der Waals surface area contributed by atoms with E-state index in [1.54, 1.807) is 31.3 Å². The summed E-state index contributed by atoms with van der Waals surface area (Å²) in [6.07, 6.45) is 0.776. The molecule has 4 aromatic heterocycles. The second kappa shape index (κ2) is 27.6. The lowest BCUT2D eigenvalue weighted by Crippen LogP contribution is -2.29. The van der Waals surface area contributed by atoms with Crippen molar-refractivity contribution in [2.45, 2.75) is 44.3 Å². The number of nitrogens with two attached hydrogens (primary N) is 1. The summed E-state index contributed by atoms with van der Waals surface area (Å²) in [6.45, 7) is 2.21. The maximum absolute atomic E-state index is 14.4. The first-order valence-corrected chi connectivity index (χ1v) is 31.7. The smallest absolute Gasteiger partial charge is 0.419 e. The Kier molecular flexibility index (Phi) is 21.7. The van der Waals surface area contributed by atoms with E-state index in [1.165, 1.54) is 52.7 Å². The van der Waals surface area contributed by atoms with Gasteiger partial charge in [-0.15, -0.1) is 0 Å². The molecule has 2 fully saturated rings. The van der Waals surface area contributed by atoms with E-state index in [1.807, 2.05) is 0 Å². The molecule has 0 radical (unpaired) electrons. The summed E-state index contributed by atoms with van der Waals surface area (Å²) in [5.74, 6) is -0.193. The van der Waals surface area contributed by atoms with E-state index in [2.05, 4.69) is 103 Å². The molecule has 2 aromatic carbocycles. The summed E-state index contributed by atoms with van der Waals surface area (Å²) in [7, 11) is 3.02. The molecule has 4 aliphatic heterocycles. The number of carbonyl (C=O) groups is 5. The minimum absolute atomic E-state index is 0.0212. The van der Waals surface area contributed by atoms with E-state index in [0.717, 1.165) is 0 Å². The number of aromatic nitrogens is 4. The second-order valence-electron chi connectivity index (χ2n) is 16.1. The fraction of sp³-hybridized carbons (Fsp3) is 0.370. The molecular weight excluding hydrogens is 1430 g/mol. The summed E-state index contributed by atoms with van der Waals surface area (Å²) in [4.78, 5) is 91.9. The number of nitrogens with one attached hydrogen (secondary N) is 2. The predicted octanol–water partition coefficient (Wildman–Crippen LogP) is 6.40. The van der Waals surface area contributed by atoms with Crippen LogP contribution in [-0.4, -0.2) is 110 Å². The molecule has 2 saturated heterocycles. The number of amides is 3. The number of halogens is 6. The van der Waals surface area contributed by atoms with Crippen molar-refractivity contribution in [3.63, 3.8) is 0 Å². The van der Waals surface area contributed by atoms with Crippen LogP contribution in [0.5, 0.6) is 11.5 Å². The topological polar surface area (TPSA) is 275 Å². The largest absolute Gasteiger partial charge is 0.484 e. The van der Waals surface area contributed by atoms with E-state index in [4.69, 9.17) is 33.5 Å². The molecule has 0 aliphatic carbocycles. The number of hydrogen-bond acceptors (Lipinski definition) is 17. The van der Waals surface area contributed by atoms with Crippen molar-refractivity contribution in [2.24, 2.45) is 19.8 Å². The molecule has 0 bridgehead atoms. The molecule has 8 heterocycles. The van der Waals surface area contributed by atoms with E-state index in [9.17, 15) is 42.3 Å². The summed E-state index contributed by atoms with van der Waals surface area (Å²) >= 11 is 8.79. The third-order valence-electron chi connectivity index (χ3n) is 11.4. The highest BCUT2D eigenvalue weighted by atomic mass is 128. The van der Waals surface area contributed by atoms with Crippen LogP contribution < -0.4 is 47.2 Å². The van der Waals surface area contributed by atoms with Gasteiger partial charge in [-0.2, -0.15) is 0 Å². The molecule has 6 aromatic rings. The van der Waals surface area contributed by atoms with Crippen LogP contribution in [0, 0.1) is 11.6 Å². The number of fused-ring (bicyclic) bond motifs is 4. The Morgan fingerprint density at radius 1 is 0.743 bits per heavy atom. The van der Waals surface area contributed by atoms with Gasteiger partial charge in [-0.25, -0.2) is 37.9 Å². The average molecular weight is 1480 g/mol. The van der Waals surface area contributed by atoms with Gasteiger partial charge in [0, 0.05) is 68.9 Å². The number of aldehydes is 1. The number of nitrogens with zero attached hydrogens (tertiary/aromatic N) is 6. The van der Waals surface area contributed by atoms with Crippen molar-refractivity contribution >= 4 is 152 Å². The first-order valence-electron chi connectivity index (χ1n) is 22.3. The Bertz CT molecular complexity index is 3140. The molecule has 4 N–H and O–H groups in total. The van der Waals surface area contributed by atoms with Gasteiger partial charge < -0.3 is 48.9 Å². The number of aryl methyl sites for hydroxylation is 2. The fourth-order valence-corrected chi connectivity index (χ4v) is 7.99. The summed E-state index contributed by atoms with van der Waals surface area (Å²) < 4.78 is 62.6. The number of Topliss-reactive ketones (excluding diaryl/α,β-unsaturated/α-hetero) is 1. The van der Waals surface area contributed by atoms with Gasteiger partial charge in [-0.05, 0) is 87.4 Å². The number of ether oxygens (including phenoxy) is 4. The van der Waals surface area contributed by atoms with E-state index in [-0.39, 0.29) is 61.3 Å². The zero-order valence-electron chi connectivity index (χ0n) is 39.4. The highest BCUT2D eigenvalue weighted by Crippen LogP contribution is 2.31. The summed E-state index contributed by atoms with van der Waals surface area (Å²) in [5, 5.41) is 5.84. The number of hydrogen-bond donors (Lipinski definition) is 3. The number of carbonyl (C=O) groups excluding carboxylic acids is 5. The van der Waals surface area contributed by atoms with E-state index < -0.39 is 35.3 Å². The third-order valence-corrected chi connectivity index (χ3v) is 11.4. The summed E-state index contributed by atoms with van der Waals surface area (Å²) in [5.41, 5.74) is 8.06. The Morgan fingerprint density at radius 3 is 1.88 bits per heavy atom. The zero-order chi connectivity index (χ0) is 53.6. The quantitative estimate of drug-likeness (QED) is 0.0517. The van der Waals surface area contributed by atoms with E-state index >= 15 is 0 Å². The normalized spacial score (nSPS) is 16.3. The van der Waals surface area contributed by atoms with Crippen molar-refractivity contribution in [2.75, 3.05) is 63.5 Å². The standard InChI is InChI=1S/C22H22FN5O6.C13H15N3O4.C10H8FNO3.CH2I2.I2/c1-27-19-13(14(23)2-3-15(19)34-21(27)30)7-9-24-8-6-12-10-28(22(31)33-12)17-5-4-16-20(25-17)26-18(29)11-32-16;14-4-3-9-6-16(13(18)20-9)12-2-1-11-10(15-12)5-8(17)7-19-11;1-12-9-6(4-5-13)7(11)2-3-8(9)15-10(12)14;2-1-3;1-2/h2-5,12,24H,6-11H2,1H3,(H,25,26,29);1-2,9H,3-7,14H2;2-3,5H,4H2,1H3;1H2;.